The summed E-state index contributed by atoms with van der Waals surface area (Å²) in [4.78, 5) is 23.8. The normalized spacial score (nSPS) is 24.7. The first-order chi connectivity index (χ1) is 8.02. The van der Waals surface area contributed by atoms with E-state index in [4.69, 9.17) is 5.11 Å². The summed E-state index contributed by atoms with van der Waals surface area (Å²) in [5.74, 6) is -0.384. The topological polar surface area (TPSA) is 69.6 Å². The second-order valence-electron chi connectivity index (χ2n) is 4.71. The van der Waals surface area contributed by atoms with E-state index in [2.05, 4.69) is 5.32 Å². The Bertz CT molecular complexity index is 281. The summed E-state index contributed by atoms with van der Waals surface area (Å²) in [5.41, 5.74) is 0. The van der Waals surface area contributed by atoms with E-state index in [1.54, 1.807) is 6.92 Å². The van der Waals surface area contributed by atoms with Gasteiger partial charge in [0.15, 0.2) is 0 Å². The van der Waals surface area contributed by atoms with Crippen molar-refractivity contribution in [3.8, 4) is 0 Å². The number of likely N-dealkylation sites (tertiary alicyclic amines) is 1. The molecule has 1 heterocycles. The molecular weight excluding hydrogens is 220 g/mol. The summed E-state index contributed by atoms with van der Waals surface area (Å²) in [6, 6.07) is 0.302. The first-order valence-electron chi connectivity index (χ1n) is 6.23. The van der Waals surface area contributed by atoms with Crippen molar-refractivity contribution in [2.24, 2.45) is 5.92 Å². The van der Waals surface area contributed by atoms with Crippen LogP contribution in [0.15, 0.2) is 0 Å². The van der Waals surface area contributed by atoms with Gasteiger partial charge in [-0.05, 0) is 25.3 Å². The number of hydrogen-bond donors (Lipinski definition) is 2. The summed E-state index contributed by atoms with van der Waals surface area (Å²) in [6.07, 6.45) is 1.81. The largest absolute Gasteiger partial charge is 0.481 e. The lowest BCUT2D eigenvalue weighted by atomic mass is 9.90. The van der Waals surface area contributed by atoms with Crippen LogP contribution in [0.5, 0.6) is 0 Å². The Hall–Kier alpha value is -1.10. The predicted octanol–water partition coefficient (Wildman–Crippen LogP) is 0.698. The van der Waals surface area contributed by atoms with Crippen LogP contribution in [0.1, 0.15) is 33.1 Å². The van der Waals surface area contributed by atoms with E-state index in [-0.39, 0.29) is 12.3 Å². The van der Waals surface area contributed by atoms with Gasteiger partial charge in [0.05, 0.1) is 0 Å². The number of piperidine rings is 1. The van der Waals surface area contributed by atoms with Crippen LogP contribution in [0.3, 0.4) is 0 Å². The smallest absolute Gasteiger partial charge is 0.303 e. The van der Waals surface area contributed by atoms with E-state index < -0.39 is 5.97 Å². The number of hydrogen-bond acceptors (Lipinski definition) is 3. The third-order valence-corrected chi connectivity index (χ3v) is 3.24. The molecule has 0 aromatic rings. The Morgan fingerprint density at radius 2 is 2.12 bits per heavy atom. The van der Waals surface area contributed by atoms with Gasteiger partial charge in [-0.1, -0.05) is 6.92 Å². The van der Waals surface area contributed by atoms with Crippen molar-refractivity contribution in [1.82, 2.24) is 10.2 Å². The number of carboxylic acids is 1. The zero-order chi connectivity index (χ0) is 12.8. The van der Waals surface area contributed by atoms with Crippen molar-refractivity contribution in [2.45, 2.75) is 39.2 Å². The second kappa shape index (κ2) is 6.59. The van der Waals surface area contributed by atoms with Crippen LogP contribution in [-0.4, -0.2) is 47.6 Å². The fourth-order valence-electron chi connectivity index (χ4n) is 2.43. The Kier molecular flexibility index (Phi) is 5.41. The Morgan fingerprint density at radius 3 is 2.65 bits per heavy atom. The highest BCUT2D eigenvalue weighted by Gasteiger charge is 2.28. The molecule has 0 radical (unpaired) electrons. The molecule has 0 aliphatic carbocycles. The van der Waals surface area contributed by atoms with E-state index >= 15 is 0 Å². The van der Waals surface area contributed by atoms with Crippen LogP contribution in [0.4, 0.5) is 0 Å². The highest BCUT2D eigenvalue weighted by atomic mass is 16.4. The lowest BCUT2D eigenvalue weighted by molar-refractivity contribution is -0.137. The molecule has 0 aromatic carbocycles. The second-order valence-corrected chi connectivity index (χ2v) is 4.71. The zero-order valence-electron chi connectivity index (χ0n) is 10.6. The van der Waals surface area contributed by atoms with E-state index in [0.717, 1.165) is 19.5 Å². The molecule has 0 aromatic heterocycles. The maximum Gasteiger partial charge on any atom is 0.303 e. The predicted molar refractivity (Wildman–Crippen MR) is 64.7 cm³/mol. The fraction of sp³-hybridized carbons (Fsp3) is 0.833. The minimum atomic E-state index is -0.759. The van der Waals surface area contributed by atoms with Crippen LogP contribution < -0.4 is 5.32 Å². The third kappa shape index (κ3) is 4.73. The molecular formula is C12H22N2O3. The molecule has 1 saturated heterocycles. The molecule has 2 unspecified atom stereocenters. The van der Waals surface area contributed by atoms with Crippen LogP contribution in [0.2, 0.25) is 0 Å². The van der Waals surface area contributed by atoms with Gasteiger partial charge in [0, 0.05) is 32.5 Å². The van der Waals surface area contributed by atoms with Crippen molar-refractivity contribution < 1.29 is 14.7 Å². The van der Waals surface area contributed by atoms with Crippen LogP contribution in [0, 0.1) is 5.92 Å². The highest BCUT2D eigenvalue weighted by molar-refractivity contribution is 5.73. The average molecular weight is 242 g/mol. The lowest BCUT2D eigenvalue weighted by Crippen LogP contribution is -2.50. The molecule has 2 N–H and O–H groups in total. The number of nitrogens with zero attached hydrogens (tertiary/aromatic N) is 1. The number of likely N-dealkylation sites (N-methyl/N-ethyl adjacent to an activating group) is 1. The van der Waals surface area contributed by atoms with E-state index in [1.165, 1.54) is 0 Å². The minimum absolute atomic E-state index is 0.0768. The molecule has 1 aliphatic rings. The summed E-state index contributed by atoms with van der Waals surface area (Å²) in [5, 5.41) is 12.0. The van der Waals surface area contributed by atoms with Crippen LogP contribution >= 0.6 is 0 Å². The molecule has 1 aliphatic heterocycles. The van der Waals surface area contributed by atoms with Gasteiger partial charge in [-0.25, -0.2) is 0 Å². The number of rotatable bonds is 5. The van der Waals surface area contributed by atoms with Gasteiger partial charge in [-0.3, -0.25) is 9.59 Å². The Morgan fingerprint density at radius 1 is 1.41 bits per heavy atom. The maximum absolute atomic E-state index is 11.4. The first kappa shape index (κ1) is 14.0. The quantitative estimate of drug-likeness (QED) is 0.744. The molecule has 1 amide bonds. The maximum atomic E-state index is 11.4. The fourth-order valence-corrected chi connectivity index (χ4v) is 2.43. The van der Waals surface area contributed by atoms with Crippen molar-refractivity contribution >= 4 is 11.9 Å². The van der Waals surface area contributed by atoms with Gasteiger partial charge < -0.3 is 15.3 Å². The molecule has 2 atom stereocenters. The molecule has 17 heavy (non-hydrogen) atoms. The number of nitrogens with one attached hydrogen (secondary N) is 1. The summed E-state index contributed by atoms with van der Waals surface area (Å²) < 4.78 is 0. The first-order valence-corrected chi connectivity index (χ1v) is 6.23. The summed E-state index contributed by atoms with van der Waals surface area (Å²) in [7, 11) is 0. The Labute approximate surface area is 102 Å². The van der Waals surface area contributed by atoms with Gasteiger partial charge in [0.2, 0.25) is 5.91 Å². The van der Waals surface area contributed by atoms with Crippen molar-refractivity contribution in [2.75, 3.05) is 19.6 Å². The summed E-state index contributed by atoms with van der Waals surface area (Å²) >= 11 is 0. The monoisotopic (exact) mass is 242 g/mol. The highest BCUT2D eigenvalue weighted by Crippen LogP contribution is 2.21. The minimum Gasteiger partial charge on any atom is -0.481 e. The molecule has 0 bridgehead atoms. The molecule has 5 nitrogen and oxygen atoms in total. The molecule has 0 spiro atoms. The van der Waals surface area contributed by atoms with Gasteiger partial charge in [0.25, 0.3) is 0 Å². The molecule has 0 saturated carbocycles. The van der Waals surface area contributed by atoms with Gasteiger partial charge in [0.1, 0.15) is 0 Å². The van der Waals surface area contributed by atoms with Crippen molar-refractivity contribution in [3.05, 3.63) is 0 Å². The number of carboxylic acid groups (broad SMARTS) is 1. The number of amides is 1. The standard InChI is InChI=1S/C12H22N2O3/c1-3-13-11-6-10(4-5-12(16)17)7-14(8-11)9(2)15/h10-11,13H,3-8H2,1-2H3,(H,16,17). The number of aliphatic carboxylic acids is 1. The summed E-state index contributed by atoms with van der Waals surface area (Å²) in [6.45, 7) is 5.93. The van der Waals surface area contributed by atoms with Crippen LogP contribution in [-0.2, 0) is 9.59 Å². The average Bonchev–Trinajstić information content (AvgIpc) is 2.26. The zero-order valence-corrected chi connectivity index (χ0v) is 10.6. The van der Waals surface area contributed by atoms with Crippen molar-refractivity contribution in [3.63, 3.8) is 0 Å². The van der Waals surface area contributed by atoms with Gasteiger partial charge in [-0.2, -0.15) is 0 Å². The number of carbonyl (C=O) groups is 2. The van der Waals surface area contributed by atoms with E-state index in [1.807, 2.05) is 11.8 Å². The SMILES string of the molecule is CCNC1CC(CCC(=O)O)CN(C(C)=O)C1. The third-order valence-electron chi connectivity index (χ3n) is 3.24. The molecule has 98 valence electrons. The van der Waals surface area contributed by atoms with Crippen LogP contribution in [0.25, 0.3) is 0 Å². The Balaban J connectivity index is 2.52. The molecule has 1 fully saturated rings. The molecule has 5 heteroatoms. The lowest BCUT2D eigenvalue weighted by Gasteiger charge is -2.37. The van der Waals surface area contributed by atoms with E-state index in [0.29, 0.717) is 24.9 Å². The molecule has 1 rings (SSSR count). The van der Waals surface area contributed by atoms with Gasteiger partial charge >= 0.3 is 5.97 Å². The number of carbonyl (C=O) groups excluding carboxylic acids is 1. The van der Waals surface area contributed by atoms with Crippen molar-refractivity contribution in [1.29, 1.82) is 0 Å². The van der Waals surface area contributed by atoms with Gasteiger partial charge in [-0.15, -0.1) is 0 Å². The van der Waals surface area contributed by atoms with E-state index in [9.17, 15) is 9.59 Å².